The number of carbonyl (C=O) groups excluding carboxylic acids is 1. The van der Waals surface area contributed by atoms with Gasteiger partial charge in [0.2, 0.25) is 5.91 Å². The highest BCUT2D eigenvalue weighted by molar-refractivity contribution is 5.83. The first-order chi connectivity index (χ1) is 7.75. The average molecular weight is 216 g/mol. The molecule has 0 bridgehead atoms. The Morgan fingerprint density at radius 3 is 2.56 bits per heavy atom. The number of nitrogens with zero attached hydrogens (tertiary/aromatic N) is 1. The van der Waals surface area contributed by atoms with Crippen LogP contribution in [0.25, 0.3) is 0 Å². The fraction of sp³-hybridized carbons (Fsp3) is 0.462. The van der Waals surface area contributed by atoms with E-state index in [0.717, 1.165) is 19.5 Å². The molecule has 84 valence electrons. The van der Waals surface area contributed by atoms with Gasteiger partial charge in [0, 0.05) is 25.0 Å². The van der Waals surface area contributed by atoms with Crippen LogP contribution >= 0.6 is 0 Å². The van der Waals surface area contributed by atoms with Crippen LogP contribution in [0, 0.1) is 5.92 Å². The third kappa shape index (κ3) is 1.61. The minimum atomic E-state index is 0.206. The quantitative estimate of drug-likeness (QED) is 0.800. The zero-order valence-corrected chi connectivity index (χ0v) is 9.17. The molecule has 2 atom stereocenters. The molecular formula is C13H16N2O. The SMILES string of the molecule is NC1CN(C(=O)C2CC2c2ccccc2)C1. The van der Waals surface area contributed by atoms with Gasteiger partial charge in [-0.2, -0.15) is 0 Å². The molecule has 2 fully saturated rings. The fourth-order valence-corrected chi connectivity index (χ4v) is 2.46. The average Bonchev–Trinajstić information content (AvgIpc) is 3.05. The maximum atomic E-state index is 12.0. The highest BCUT2D eigenvalue weighted by atomic mass is 16.2. The molecule has 1 aromatic carbocycles. The Morgan fingerprint density at radius 1 is 1.25 bits per heavy atom. The number of hydrogen-bond acceptors (Lipinski definition) is 2. The number of rotatable bonds is 2. The molecule has 3 nitrogen and oxygen atoms in total. The molecule has 1 aromatic rings. The lowest BCUT2D eigenvalue weighted by Gasteiger charge is -2.37. The van der Waals surface area contributed by atoms with Crippen molar-refractivity contribution in [3.05, 3.63) is 35.9 Å². The highest BCUT2D eigenvalue weighted by Crippen LogP contribution is 2.48. The smallest absolute Gasteiger partial charge is 0.226 e. The van der Waals surface area contributed by atoms with Gasteiger partial charge < -0.3 is 10.6 Å². The van der Waals surface area contributed by atoms with Crippen molar-refractivity contribution >= 4 is 5.91 Å². The number of carbonyl (C=O) groups is 1. The molecule has 1 heterocycles. The Kier molecular flexibility index (Phi) is 2.21. The van der Waals surface area contributed by atoms with E-state index in [2.05, 4.69) is 12.1 Å². The Morgan fingerprint density at radius 2 is 1.94 bits per heavy atom. The molecule has 1 aliphatic carbocycles. The monoisotopic (exact) mass is 216 g/mol. The second kappa shape index (κ2) is 3.59. The minimum Gasteiger partial charge on any atom is -0.339 e. The molecule has 3 heteroatoms. The van der Waals surface area contributed by atoms with Gasteiger partial charge in [-0.25, -0.2) is 0 Å². The summed E-state index contributed by atoms with van der Waals surface area (Å²) < 4.78 is 0. The Bertz CT molecular complexity index is 398. The Hall–Kier alpha value is -1.35. The lowest BCUT2D eigenvalue weighted by atomic mass is 10.1. The van der Waals surface area contributed by atoms with Crippen molar-refractivity contribution < 1.29 is 4.79 Å². The van der Waals surface area contributed by atoms with Crippen LogP contribution in [-0.2, 0) is 4.79 Å². The molecule has 16 heavy (non-hydrogen) atoms. The van der Waals surface area contributed by atoms with Crippen LogP contribution in [0.15, 0.2) is 30.3 Å². The van der Waals surface area contributed by atoms with Crippen LogP contribution < -0.4 is 5.73 Å². The van der Waals surface area contributed by atoms with E-state index in [-0.39, 0.29) is 12.0 Å². The van der Waals surface area contributed by atoms with Crippen molar-refractivity contribution in [3.8, 4) is 0 Å². The number of benzene rings is 1. The molecule has 2 aliphatic rings. The number of hydrogen-bond donors (Lipinski definition) is 1. The summed E-state index contributed by atoms with van der Waals surface area (Å²) in [4.78, 5) is 13.9. The summed E-state index contributed by atoms with van der Waals surface area (Å²) in [7, 11) is 0. The summed E-state index contributed by atoms with van der Waals surface area (Å²) in [6, 6.07) is 10.5. The van der Waals surface area contributed by atoms with E-state index in [9.17, 15) is 4.79 Å². The van der Waals surface area contributed by atoms with Crippen LogP contribution in [0.5, 0.6) is 0 Å². The van der Waals surface area contributed by atoms with E-state index >= 15 is 0 Å². The number of likely N-dealkylation sites (tertiary alicyclic amines) is 1. The highest BCUT2D eigenvalue weighted by Gasteiger charge is 2.47. The first-order valence-corrected chi connectivity index (χ1v) is 5.85. The van der Waals surface area contributed by atoms with Crippen LogP contribution in [0.3, 0.4) is 0 Å². The van der Waals surface area contributed by atoms with E-state index < -0.39 is 0 Å². The zero-order valence-electron chi connectivity index (χ0n) is 9.17. The molecule has 1 saturated carbocycles. The van der Waals surface area contributed by atoms with Crippen LogP contribution in [0.1, 0.15) is 17.9 Å². The van der Waals surface area contributed by atoms with Gasteiger partial charge in [-0.05, 0) is 17.9 Å². The van der Waals surface area contributed by atoms with Gasteiger partial charge in [0.05, 0.1) is 0 Å². The molecule has 1 aliphatic heterocycles. The summed E-state index contributed by atoms with van der Waals surface area (Å²) in [5, 5.41) is 0. The van der Waals surface area contributed by atoms with E-state index in [0.29, 0.717) is 11.8 Å². The van der Waals surface area contributed by atoms with Gasteiger partial charge in [0.25, 0.3) is 0 Å². The predicted octanol–water partition coefficient (Wildman–Crippen LogP) is 0.960. The maximum absolute atomic E-state index is 12.0. The van der Waals surface area contributed by atoms with E-state index in [1.807, 2.05) is 23.1 Å². The lowest BCUT2D eigenvalue weighted by molar-refractivity contribution is -0.137. The van der Waals surface area contributed by atoms with Crippen molar-refractivity contribution in [3.63, 3.8) is 0 Å². The molecule has 1 saturated heterocycles. The molecule has 1 amide bonds. The van der Waals surface area contributed by atoms with Crippen molar-refractivity contribution in [1.29, 1.82) is 0 Å². The summed E-state index contributed by atoms with van der Waals surface area (Å²) in [5.41, 5.74) is 6.98. The van der Waals surface area contributed by atoms with Gasteiger partial charge in [-0.15, -0.1) is 0 Å². The van der Waals surface area contributed by atoms with Crippen molar-refractivity contribution in [2.24, 2.45) is 11.7 Å². The number of nitrogens with two attached hydrogens (primary N) is 1. The zero-order chi connectivity index (χ0) is 11.1. The summed E-state index contributed by atoms with van der Waals surface area (Å²) in [5.74, 6) is 0.968. The number of amides is 1. The van der Waals surface area contributed by atoms with Gasteiger partial charge in [-0.1, -0.05) is 30.3 Å². The Labute approximate surface area is 95.2 Å². The van der Waals surface area contributed by atoms with E-state index in [4.69, 9.17) is 5.73 Å². The molecule has 2 unspecified atom stereocenters. The van der Waals surface area contributed by atoms with Gasteiger partial charge in [0.15, 0.2) is 0 Å². The van der Waals surface area contributed by atoms with Gasteiger partial charge >= 0.3 is 0 Å². The third-order valence-electron chi connectivity index (χ3n) is 3.56. The van der Waals surface area contributed by atoms with Crippen molar-refractivity contribution in [1.82, 2.24) is 4.90 Å². The normalized spacial score (nSPS) is 28.7. The Balaban J connectivity index is 1.62. The van der Waals surface area contributed by atoms with Gasteiger partial charge in [0.1, 0.15) is 0 Å². The molecule has 0 radical (unpaired) electrons. The molecular weight excluding hydrogens is 200 g/mol. The minimum absolute atomic E-state index is 0.206. The summed E-state index contributed by atoms with van der Waals surface area (Å²) in [6.45, 7) is 1.49. The van der Waals surface area contributed by atoms with Crippen LogP contribution in [-0.4, -0.2) is 29.9 Å². The molecule has 0 aromatic heterocycles. The second-order valence-corrected chi connectivity index (χ2v) is 4.86. The third-order valence-corrected chi connectivity index (χ3v) is 3.56. The fourth-order valence-electron chi connectivity index (χ4n) is 2.46. The molecule has 3 rings (SSSR count). The first kappa shape index (κ1) is 9.85. The predicted molar refractivity (Wildman–Crippen MR) is 61.8 cm³/mol. The van der Waals surface area contributed by atoms with Crippen LogP contribution in [0.4, 0.5) is 0 Å². The van der Waals surface area contributed by atoms with Crippen molar-refractivity contribution in [2.45, 2.75) is 18.4 Å². The standard InChI is InChI=1S/C13H16N2O/c14-10-7-15(8-10)13(16)12-6-11(12)9-4-2-1-3-5-9/h1-5,10-12H,6-8,14H2. The van der Waals surface area contributed by atoms with E-state index in [1.165, 1.54) is 5.56 Å². The first-order valence-electron chi connectivity index (χ1n) is 5.85. The second-order valence-electron chi connectivity index (χ2n) is 4.86. The summed E-state index contributed by atoms with van der Waals surface area (Å²) >= 11 is 0. The topological polar surface area (TPSA) is 46.3 Å². The van der Waals surface area contributed by atoms with E-state index in [1.54, 1.807) is 0 Å². The van der Waals surface area contributed by atoms with Crippen molar-refractivity contribution in [2.75, 3.05) is 13.1 Å². The largest absolute Gasteiger partial charge is 0.339 e. The molecule has 2 N–H and O–H groups in total. The lowest BCUT2D eigenvalue weighted by Crippen LogP contribution is -2.58. The maximum Gasteiger partial charge on any atom is 0.226 e. The molecule has 0 spiro atoms. The summed E-state index contributed by atoms with van der Waals surface area (Å²) in [6.07, 6.45) is 1.01. The van der Waals surface area contributed by atoms with Gasteiger partial charge in [-0.3, -0.25) is 4.79 Å². The van der Waals surface area contributed by atoms with Crippen LogP contribution in [0.2, 0.25) is 0 Å².